The Hall–Kier alpha value is -1.73. The summed E-state index contributed by atoms with van der Waals surface area (Å²) < 4.78 is 0. The maximum Gasteiger partial charge on any atom is 0.322 e. The van der Waals surface area contributed by atoms with E-state index in [4.69, 9.17) is 11.6 Å². The smallest absolute Gasteiger partial charge is 0.318 e. The number of nitriles is 1. The third-order valence-electron chi connectivity index (χ3n) is 6.24. The highest BCUT2D eigenvalue weighted by atomic mass is 35.5. The van der Waals surface area contributed by atoms with Gasteiger partial charge in [-0.2, -0.15) is 5.26 Å². The molecule has 4 nitrogen and oxygen atoms in total. The minimum Gasteiger partial charge on any atom is -0.318 e. The second-order valence-corrected chi connectivity index (χ2v) is 8.37. The first-order valence-corrected chi connectivity index (χ1v) is 9.73. The number of hydrogen-bond donors (Lipinski definition) is 1. The van der Waals surface area contributed by atoms with Crippen LogP contribution in [0.3, 0.4) is 0 Å². The number of piperidine rings is 1. The number of nitrogens with zero attached hydrogens (tertiary/aromatic N) is 2. The summed E-state index contributed by atoms with van der Waals surface area (Å²) in [4.78, 5) is 14.7. The van der Waals surface area contributed by atoms with Crippen LogP contribution in [-0.2, 0) is 0 Å². The van der Waals surface area contributed by atoms with Crippen molar-refractivity contribution < 1.29 is 4.79 Å². The lowest BCUT2D eigenvalue weighted by Gasteiger charge is -2.54. The number of urea groups is 1. The average molecular weight is 358 g/mol. The Morgan fingerprint density at radius 2 is 2.04 bits per heavy atom. The molecule has 2 heterocycles. The van der Waals surface area contributed by atoms with E-state index in [9.17, 15) is 10.1 Å². The van der Waals surface area contributed by atoms with Crippen molar-refractivity contribution in [2.24, 2.45) is 11.8 Å². The van der Waals surface area contributed by atoms with E-state index in [1.807, 2.05) is 23.1 Å². The van der Waals surface area contributed by atoms with Crippen LogP contribution in [0.1, 0.15) is 56.9 Å². The van der Waals surface area contributed by atoms with Crippen molar-refractivity contribution in [2.75, 3.05) is 5.32 Å². The van der Waals surface area contributed by atoms with Crippen LogP contribution in [0.15, 0.2) is 18.2 Å². The first-order chi connectivity index (χ1) is 12.1. The van der Waals surface area contributed by atoms with Crippen molar-refractivity contribution in [2.45, 2.75) is 63.5 Å². The number of benzene rings is 1. The van der Waals surface area contributed by atoms with Crippen molar-refractivity contribution in [3.63, 3.8) is 0 Å². The number of carbonyl (C=O) groups excluding carboxylic acids is 1. The van der Waals surface area contributed by atoms with Gasteiger partial charge in [-0.05, 0) is 61.8 Å². The highest BCUT2D eigenvalue weighted by Crippen LogP contribution is 2.43. The fraction of sp³-hybridized carbons (Fsp3) is 0.600. The van der Waals surface area contributed by atoms with Crippen LogP contribution < -0.4 is 5.32 Å². The molecule has 4 aliphatic rings. The molecule has 0 aromatic heterocycles. The summed E-state index contributed by atoms with van der Waals surface area (Å²) in [6.45, 7) is 2.27. The summed E-state index contributed by atoms with van der Waals surface area (Å²) in [5, 5.41) is 13.1. The summed E-state index contributed by atoms with van der Waals surface area (Å²) in [5.41, 5.74) is 1.78. The highest BCUT2D eigenvalue weighted by molar-refractivity contribution is 6.31. The third-order valence-corrected chi connectivity index (χ3v) is 6.59. The van der Waals surface area contributed by atoms with E-state index in [-0.39, 0.29) is 17.9 Å². The first kappa shape index (κ1) is 16.7. The van der Waals surface area contributed by atoms with Gasteiger partial charge in [-0.3, -0.25) is 0 Å². The largest absolute Gasteiger partial charge is 0.322 e. The monoisotopic (exact) mass is 357 g/mol. The van der Waals surface area contributed by atoms with Crippen molar-refractivity contribution in [1.82, 2.24) is 4.90 Å². The number of fused-ring (bicyclic) bond motifs is 2. The van der Waals surface area contributed by atoms with E-state index in [0.29, 0.717) is 17.1 Å². The van der Waals surface area contributed by atoms with Crippen molar-refractivity contribution in [1.29, 1.82) is 5.26 Å². The molecule has 0 spiro atoms. The van der Waals surface area contributed by atoms with E-state index >= 15 is 0 Å². The number of anilines is 1. The highest BCUT2D eigenvalue weighted by Gasteiger charge is 2.46. The molecule has 5 rings (SSSR count). The van der Waals surface area contributed by atoms with E-state index < -0.39 is 0 Å². The fourth-order valence-electron chi connectivity index (χ4n) is 5.06. The molecule has 0 radical (unpaired) electrons. The van der Waals surface area contributed by atoms with Gasteiger partial charge in [-0.25, -0.2) is 4.79 Å². The Morgan fingerprint density at radius 3 is 2.76 bits per heavy atom. The van der Waals surface area contributed by atoms with Gasteiger partial charge in [0.15, 0.2) is 0 Å². The molecule has 2 saturated carbocycles. The lowest BCUT2D eigenvalue weighted by molar-refractivity contribution is -0.00601. The van der Waals surface area contributed by atoms with Gasteiger partial charge in [-0.1, -0.05) is 24.9 Å². The Morgan fingerprint density at radius 1 is 1.28 bits per heavy atom. The van der Waals surface area contributed by atoms with Crippen LogP contribution in [-0.4, -0.2) is 23.0 Å². The quantitative estimate of drug-likeness (QED) is 0.795. The molecule has 2 unspecified atom stereocenters. The number of hydrogen-bond acceptors (Lipinski definition) is 2. The van der Waals surface area contributed by atoms with Gasteiger partial charge < -0.3 is 10.2 Å². The maximum atomic E-state index is 12.7. The van der Waals surface area contributed by atoms with Gasteiger partial charge in [0.25, 0.3) is 0 Å². The van der Waals surface area contributed by atoms with Crippen LogP contribution in [0.5, 0.6) is 0 Å². The summed E-state index contributed by atoms with van der Waals surface area (Å²) in [5.74, 6) is 0.929. The molecule has 2 aliphatic carbocycles. The lowest BCUT2D eigenvalue weighted by Crippen LogP contribution is -2.63. The van der Waals surface area contributed by atoms with E-state index in [1.54, 1.807) is 0 Å². The molecule has 4 fully saturated rings. The van der Waals surface area contributed by atoms with Crippen molar-refractivity contribution in [3.8, 4) is 6.07 Å². The summed E-state index contributed by atoms with van der Waals surface area (Å²) in [6, 6.07) is 8.90. The van der Waals surface area contributed by atoms with E-state index in [1.165, 1.54) is 0 Å². The van der Waals surface area contributed by atoms with Gasteiger partial charge in [0.1, 0.15) is 0 Å². The molecule has 5 heteroatoms. The second kappa shape index (κ2) is 6.53. The van der Waals surface area contributed by atoms with Gasteiger partial charge >= 0.3 is 6.03 Å². The second-order valence-electron chi connectivity index (χ2n) is 7.97. The summed E-state index contributed by atoms with van der Waals surface area (Å²) >= 11 is 6.40. The van der Waals surface area contributed by atoms with E-state index in [2.05, 4.69) is 18.3 Å². The predicted octanol–water partition coefficient (Wildman–Crippen LogP) is 5.15. The maximum absolute atomic E-state index is 12.7. The SMILES string of the molecule is CC1CC2CC(C1)N2C(=O)Nc1ccc(Cl)c([C@H]2CCC[C@H]2C#N)c1. The number of halogens is 1. The molecule has 2 saturated heterocycles. The van der Waals surface area contributed by atoms with Crippen molar-refractivity contribution >= 4 is 23.3 Å². The minimum absolute atomic E-state index is 0.00433. The molecule has 1 N–H and O–H groups in total. The molecule has 2 aliphatic heterocycles. The van der Waals surface area contributed by atoms with Gasteiger partial charge in [0.2, 0.25) is 0 Å². The standard InChI is InChI=1S/C20H24ClN3O/c1-12-7-15-10-16(8-12)24(15)20(25)23-14-5-6-19(21)18(9-14)17-4-2-3-13(17)11-22/h5-6,9,12-13,15-17H,2-4,7-8,10H2,1H3,(H,23,25)/t12?,13-,15?,16?,17-/m0/s1. The lowest BCUT2D eigenvalue weighted by atomic mass is 9.74. The van der Waals surface area contributed by atoms with Crippen LogP contribution >= 0.6 is 11.6 Å². The van der Waals surface area contributed by atoms with Gasteiger partial charge in [0, 0.05) is 28.7 Å². The molecule has 25 heavy (non-hydrogen) atoms. The Labute approximate surface area is 154 Å². The molecule has 1 aromatic carbocycles. The Balaban J connectivity index is 1.49. The van der Waals surface area contributed by atoms with Crippen LogP contribution in [0, 0.1) is 23.2 Å². The average Bonchev–Trinajstić information content (AvgIpc) is 3.04. The Bertz CT molecular complexity index is 716. The fourth-order valence-corrected chi connectivity index (χ4v) is 5.32. The number of carbonyl (C=O) groups is 1. The predicted molar refractivity (Wildman–Crippen MR) is 98.6 cm³/mol. The van der Waals surface area contributed by atoms with Gasteiger partial charge in [0.05, 0.1) is 12.0 Å². The summed E-state index contributed by atoms with van der Waals surface area (Å²) in [6.07, 6.45) is 6.36. The van der Waals surface area contributed by atoms with Gasteiger partial charge in [-0.15, -0.1) is 0 Å². The van der Waals surface area contributed by atoms with E-state index in [0.717, 1.165) is 55.7 Å². The molecule has 1 aromatic rings. The normalized spacial score (nSPS) is 33.5. The molecule has 4 atom stereocenters. The number of rotatable bonds is 2. The van der Waals surface area contributed by atoms with Crippen LogP contribution in [0.25, 0.3) is 0 Å². The van der Waals surface area contributed by atoms with Crippen LogP contribution in [0.2, 0.25) is 5.02 Å². The molecule has 2 bridgehead atoms. The molecule has 132 valence electrons. The third kappa shape index (κ3) is 3.00. The first-order valence-electron chi connectivity index (χ1n) is 9.35. The molecule has 2 amide bonds. The number of amides is 2. The molecular weight excluding hydrogens is 334 g/mol. The topological polar surface area (TPSA) is 56.1 Å². The zero-order chi connectivity index (χ0) is 17.6. The van der Waals surface area contributed by atoms with Crippen LogP contribution in [0.4, 0.5) is 10.5 Å². The minimum atomic E-state index is 0.00433. The Kier molecular flexibility index (Phi) is 4.37. The van der Waals surface area contributed by atoms with Crippen molar-refractivity contribution in [3.05, 3.63) is 28.8 Å². The molecular formula is C20H24ClN3O. The zero-order valence-electron chi connectivity index (χ0n) is 14.5. The summed E-state index contributed by atoms with van der Waals surface area (Å²) in [7, 11) is 0. The number of nitrogens with one attached hydrogen (secondary N) is 1. The zero-order valence-corrected chi connectivity index (χ0v) is 15.3.